The summed E-state index contributed by atoms with van der Waals surface area (Å²) in [4.78, 5) is 13.5. The van der Waals surface area contributed by atoms with E-state index in [1.165, 1.54) is 12.3 Å². The molecule has 0 amide bonds. The number of hydrogen-bond acceptors (Lipinski definition) is 5. The molecule has 0 radical (unpaired) electrons. The molecule has 0 spiro atoms. The van der Waals surface area contributed by atoms with E-state index in [0.717, 1.165) is 5.69 Å². The molecule has 0 aromatic carbocycles. The van der Waals surface area contributed by atoms with E-state index in [1.807, 2.05) is 6.92 Å². The van der Waals surface area contributed by atoms with Crippen LogP contribution in [0.1, 0.15) is 6.92 Å². The van der Waals surface area contributed by atoms with Crippen LogP contribution in [-0.4, -0.2) is 29.7 Å². The third-order valence-electron chi connectivity index (χ3n) is 1.93. The monoisotopic (exact) mass is 211 g/mol. The summed E-state index contributed by atoms with van der Waals surface area (Å²) in [5, 5.41) is 13.4. The predicted molar refractivity (Wildman–Crippen MR) is 55.9 cm³/mol. The minimum Gasteiger partial charge on any atom is -0.380 e. The van der Waals surface area contributed by atoms with Crippen molar-refractivity contribution in [2.24, 2.45) is 0 Å². The molecule has 1 aromatic rings. The summed E-state index contributed by atoms with van der Waals surface area (Å²) in [5.41, 5.74) is 0.740. The molecule has 0 fully saturated rings. The van der Waals surface area contributed by atoms with Crippen molar-refractivity contribution < 1.29 is 9.66 Å². The first-order valence-electron chi connectivity index (χ1n) is 4.50. The molecule has 1 rings (SSSR count). The van der Waals surface area contributed by atoms with Crippen molar-refractivity contribution in [3.63, 3.8) is 0 Å². The fourth-order valence-electron chi connectivity index (χ4n) is 0.944. The van der Waals surface area contributed by atoms with Gasteiger partial charge in [0.2, 0.25) is 0 Å². The average Bonchev–Trinajstić information content (AvgIpc) is 2.26. The molecule has 1 atom stereocenters. The summed E-state index contributed by atoms with van der Waals surface area (Å²) in [6.07, 6.45) is 1.51. The molecular weight excluding hydrogens is 198 g/mol. The van der Waals surface area contributed by atoms with E-state index in [0.29, 0.717) is 6.54 Å². The van der Waals surface area contributed by atoms with E-state index in [-0.39, 0.29) is 11.9 Å². The maximum atomic E-state index is 10.3. The van der Waals surface area contributed by atoms with Gasteiger partial charge in [-0.25, -0.2) is 0 Å². The van der Waals surface area contributed by atoms with Crippen LogP contribution in [0, 0.1) is 10.1 Å². The van der Waals surface area contributed by atoms with Gasteiger partial charge in [-0.2, -0.15) is 0 Å². The van der Waals surface area contributed by atoms with Gasteiger partial charge >= 0.3 is 5.82 Å². The van der Waals surface area contributed by atoms with Gasteiger partial charge in [-0.3, -0.25) is 0 Å². The normalized spacial score (nSPS) is 12.1. The highest BCUT2D eigenvalue weighted by Crippen LogP contribution is 2.11. The molecule has 1 heterocycles. The molecule has 6 heteroatoms. The molecule has 15 heavy (non-hydrogen) atoms. The molecule has 0 aliphatic heterocycles. The van der Waals surface area contributed by atoms with E-state index >= 15 is 0 Å². The molecule has 0 saturated heterocycles. The molecule has 0 aliphatic rings. The van der Waals surface area contributed by atoms with Gasteiger partial charge in [0.15, 0.2) is 6.20 Å². The molecule has 1 N–H and O–H groups in total. The average molecular weight is 211 g/mol. The van der Waals surface area contributed by atoms with Crippen LogP contribution < -0.4 is 5.32 Å². The highest BCUT2D eigenvalue weighted by Gasteiger charge is 2.06. The van der Waals surface area contributed by atoms with Gasteiger partial charge in [0.25, 0.3) is 0 Å². The minimum absolute atomic E-state index is 0.0835. The Kier molecular flexibility index (Phi) is 3.99. The number of hydrogen-bond donors (Lipinski definition) is 1. The minimum atomic E-state index is -0.526. The largest absolute Gasteiger partial charge is 0.380 e. The fourth-order valence-corrected chi connectivity index (χ4v) is 0.944. The zero-order valence-electron chi connectivity index (χ0n) is 8.64. The number of nitro groups is 1. The Morgan fingerprint density at radius 2 is 2.40 bits per heavy atom. The highest BCUT2D eigenvalue weighted by molar-refractivity contribution is 5.43. The van der Waals surface area contributed by atoms with Crippen LogP contribution in [0.5, 0.6) is 0 Å². The van der Waals surface area contributed by atoms with Crippen molar-refractivity contribution in [1.29, 1.82) is 0 Å². The molecule has 0 saturated carbocycles. The van der Waals surface area contributed by atoms with Crippen LogP contribution in [0.25, 0.3) is 0 Å². The zero-order chi connectivity index (χ0) is 11.3. The van der Waals surface area contributed by atoms with Crippen LogP contribution in [-0.2, 0) is 4.74 Å². The summed E-state index contributed by atoms with van der Waals surface area (Å²) in [5.74, 6) is -0.152. The van der Waals surface area contributed by atoms with E-state index in [4.69, 9.17) is 4.74 Å². The summed E-state index contributed by atoms with van der Waals surface area (Å²) < 4.78 is 5.04. The molecular formula is C9H13N3O3. The molecule has 1 aromatic heterocycles. The van der Waals surface area contributed by atoms with Gasteiger partial charge in [-0.05, 0) is 22.9 Å². The fraction of sp³-hybridized carbons (Fsp3) is 0.444. The number of ether oxygens (including phenoxy) is 1. The van der Waals surface area contributed by atoms with E-state index in [2.05, 4.69) is 10.3 Å². The van der Waals surface area contributed by atoms with Crippen molar-refractivity contribution in [1.82, 2.24) is 4.98 Å². The standard InChI is InChI=1S/C9H13N3O3/c1-7(15-2)5-10-8-3-4-9(11-6-8)12(13)14/h3-4,6-7,10H,5H2,1-2H3. The lowest BCUT2D eigenvalue weighted by Crippen LogP contribution is -2.18. The maximum absolute atomic E-state index is 10.3. The molecule has 1 unspecified atom stereocenters. The van der Waals surface area contributed by atoms with Gasteiger partial charge in [0, 0.05) is 19.7 Å². The number of anilines is 1. The second-order valence-electron chi connectivity index (χ2n) is 3.09. The lowest BCUT2D eigenvalue weighted by atomic mass is 10.3. The number of nitrogens with one attached hydrogen (secondary N) is 1. The number of methoxy groups -OCH3 is 1. The first kappa shape index (κ1) is 11.4. The van der Waals surface area contributed by atoms with Crippen molar-refractivity contribution in [2.45, 2.75) is 13.0 Å². The van der Waals surface area contributed by atoms with Crippen molar-refractivity contribution in [3.8, 4) is 0 Å². The summed E-state index contributed by atoms with van der Waals surface area (Å²) in [7, 11) is 1.63. The Balaban J connectivity index is 2.53. The molecule has 82 valence electrons. The second kappa shape index (κ2) is 5.26. The number of aromatic nitrogens is 1. The quantitative estimate of drug-likeness (QED) is 0.589. The summed E-state index contributed by atoms with van der Waals surface area (Å²) in [6, 6.07) is 2.98. The number of pyridine rings is 1. The third-order valence-corrected chi connectivity index (χ3v) is 1.93. The van der Waals surface area contributed by atoms with E-state index in [9.17, 15) is 10.1 Å². The first-order valence-corrected chi connectivity index (χ1v) is 4.50. The lowest BCUT2D eigenvalue weighted by molar-refractivity contribution is -0.389. The second-order valence-corrected chi connectivity index (χ2v) is 3.09. The topological polar surface area (TPSA) is 77.3 Å². The van der Waals surface area contributed by atoms with Gasteiger partial charge < -0.3 is 20.2 Å². The van der Waals surface area contributed by atoms with Crippen molar-refractivity contribution in [3.05, 3.63) is 28.4 Å². The Labute approximate surface area is 87.4 Å². The Hall–Kier alpha value is -1.69. The molecule has 0 bridgehead atoms. The predicted octanol–water partition coefficient (Wildman–Crippen LogP) is 1.44. The van der Waals surface area contributed by atoms with Crippen molar-refractivity contribution >= 4 is 11.5 Å². The van der Waals surface area contributed by atoms with Crippen LogP contribution in [0.4, 0.5) is 11.5 Å². The third kappa shape index (κ3) is 3.51. The lowest BCUT2D eigenvalue weighted by Gasteiger charge is -2.10. The van der Waals surface area contributed by atoms with Gasteiger partial charge in [0.1, 0.15) is 0 Å². The molecule has 0 aliphatic carbocycles. The van der Waals surface area contributed by atoms with Crippen LogP contribution in [0.2, 0.25) is 0 Å². The Morgan fingerprint density at radius 3 is 2.87 bits per heavy atom. The van der Waals surface area contributed by atoms with Gasteiger partial charge in [-0.1, -0.05) is 0 Å². The van der Waals surface area contributed by atoms with Crippen molar-refractivity contribution in [2.75, 3.05) is 19.0 Å². The highest BCUT2D eigenvalue weighted by atomic mass is 16.6. The summed E-state index contributed by atoms with van der Waals surface area (Å²) >= 11 is 0. The number of rotatable bonds is 5. The zero-order valence-corrected chi connectivity index (χ0v) is 8.64. The van der Waals surface area contributed by atoms with Crippen LogP contribution >= 0.6 is 0 Å². The maximum Gasteiger partial charge on any atom is 0.363 e. The number of nitrogens with zero attached hydrogens (tertiary/aromatic N) is 2. The van der Waals surface area contributed by atoms with E-state index < -0.39 is 4.92 Å². The Bertz CT molecular complexity index is 326. The summed E-state index contributed by atoms with van der Waals surface area (Å²) in [6.45, 7) is 2.56. The SMILES string of the molecule is COC(C)CNc1ccc([N+](=O)[O-])nc1. The smallest absolute Gasteiger partial charge is 0.363 e. The van der Waals surface area contributed by atoms with Gasteiger partial charge in [-0.15, -0.1) is 0 Å². The van der Waals surface area contributed by atoms with Gasteiger partial charge in [0.05, 0.1) is 11.8 Å². The first-order chi connectivity index (χ1) is 7.13. The Morgan fingerprint density at radius 1 is 1.67 bits per heavy atom. The molecule has 6 nitrogen and oxygen atoms in total. The van der Waals surface area contributed by atoms with Crippen LogP contribution in [0.3, 0.4) is 0 Å². The van der Waals surface area contributed by atoms with Crippen LogP contribution in [0.15, 0.2) is 18.3 Å². The van der Waals surface area contributed by atoms with E-state index in [1.54, 1.807) is 13.2 Å².